The quantitative estimate of drug-likeness (QED) is 0.820. The first-order valence-electron chi connectivity index (χ1n) is 7.24. The Morgan fingerprint density at radius 1 is 1.20 bits per heavy atom. The number of ether oxygens (including phenoxy) is 1. The van der Waals surface area contributed by atoms with Crippen molar-refractivity contribution in [1.82, 2.24) is 9.80 Å². The van der Waals surface area contributed by atoms with E-state index in [1.54, 1.807) is 7.11 Å². The van der Waals surface area contributed by atoms with Crippen LogP contribution in [0.3, 0.4) is 0 Å². The van der Waals surface area contributed by atoms with Crippen LogP contribution >= 0.6 is 0 Å². The van der Waals surface area contributed by atoms with E-state index in [2.05, 4.69) is 36.1 Å². The number of carbonyl (C=O) groups is 1. The Hall–Kier alpha value is -1.39. The van der Waals surface area contributed by atoms with Gasteiger partial charge in [-0.05, 0) is 18.1 Å². The van der Waals surface area contributed by atoms with Crippen molar-refractivity contribution in [2.45, 2.75) is 19.9 Å². The SMILES string of the molecule is COCCC(=O)N1CCN(Cc2ccccc2C)CC1. The van der Waals surface area contributed by atoms with Crippen molar-refractivity contribution >= 4 is 5.91 Å². The number of rotatable bonds is 5. The zero-order valence-electron chi connectivity index (χ0n) is 12.5. The largest absolute Gasteiger partial charge is 0.384 e. The fraction of sp³-hybridized carbons (Fsp3) is 0.562. The lowest BCUT2D eigenvalue weighted by molar-refractivity contribution is -0.133. The minimum atomic E-state index is 0.211. The van der Waals surface area contributed by atoms with Crippen molar-refractivity contribution in [3.63, 3.8) is 0 Å². The lowest BCUT2D eigenvalue weighted by Gasteiger charge is -2.35. The Morgan fingerprint density at radius 2 is 1.90 bits per heavy atom. The van der Waals surface area contributed by atoms with Crippen molar-refractivity contribution in [2.24, 2.45) is 0 Å². The lowest BCUT2D eigenvalue weighted by Crippen LogP contribution is -2.48. The molecule has 0 N–H and O–H groups in total. The van der Waals surface area contributed by atoms with Gasteiger partial charge in [-0.2, -0.15) is 0 Å². The molecule has 0 atom stereocenters. The Morgan fingerprint density at radius 3 is 2.55 bits per heavy atom. The Labute approximate surface area is 121 Å². The van der Waals surface area contributed by atoms with E-state index in [4.69, 9.17) is 4.74 Å². The molecule has 0 aromatic heterocycles. The van der Waals surface area contributed by atoms with Crippen LogP contribution in [0.2, 0.25) is 0 Å². The number of nitrogens with zero attached hydrogens (tertiary/aromatic N) is 2. The van der Waals surface area contributed by atoms with Crippen LogP contribution in [-0.2, 0) is 16.1 Å². The van der Waals surface area contributed by atoms with E-state index in [1.165, 1.54) is 11.1 Å². The molecular weight excluding hydrogens is 252 g/mol. The molecule has 0 radical (unpaired) electrons. The molecule has 1 aliphatic rings. The molecule has 1 saturated heterocycles. The van der Waals surface area contributed by atoms with E-state index < -0.39 is 0 Å². The van der Waals surface area contributed by atoms with Gasteiger partial charge in [-0.15, -0.1) is 0 Å². The van der Waals surface area contributed by atoms with E-state index in [1.807, 2.05) is 4.90 Å². The van der Waals surface area contributed by atoms with Crippen molar-refractivity contribution in [1.29, 1.82) is 0 Å². The van der Waals surface area contributed by atoms with Gasteiger partial charge in [0.05, 0.1) is 13.0 Å². The molecule has 0 spiro atoms. The number of hydrogen-bond acceptors (Lipinski definition) is 3. The van der Waals surface area contributed by atoms with Gasteiger partial charge in [-0.3, -0.25) is 9.69 Å². The highest BCUT2D eigenvalue weighted by Crippen LogP contribution is 2.12. The number of aryl methyl sites for hydroxylation is 1. The summed E-state index contributed by atoms with van der Waals surface area (Å²) in [5.41, 5.74) is 2.72. The summed E-state index contributed by atoms with van der Waals surface area (Å²) >= 11 is 0. The molecule has 1 amide bonds. The molecule has 1 aromatic carbocycles. The maximum atomic E-state index is 11.9. The van der Waals surface area contributed by atoms with Gasteiger partial charge in [-0.25, -0.2) is 0 Å². The third-order valence-corrected chi connectivity index (χ3v) is 3.90. The van der Waals surface area contributed by atoms with E-state index in [-0.39, 0.29) is 5.91 Å². The van der Waals surface area contributed by atoms with E-state index in [9.17, 15) is 4.79 Å². The normalized spacial score (nSPS) is 16.4. The van der Waals surface area contributed by atoms with E-state index in [0.29, 0.717) is 13.0 Å². The van der Waals surface area contributed by atoms with Gasteiger partial charge in [0, 0.05) is 39.8 Å². The molecule has 20 heavy (non-hydrogen) atoms. The van der Waals surface area contributed by atoms with Crippen molar-refractivity contribution in [3.8, 4) is 0 Å². The lowest BCUT2D eigenvalue weighted by atomic mass is 10.1. The maximum Gasteiger partial charge on any atom is 0.224 e. The number of piperazine rings is 1. The second-order valence-corrected chi connectivity index (χ2v) is 5.33. The van der Waals surface area contributed by atoms with E-state index >= 15 is 0 Å². The van der Waals surface area contributed by atoms with Gasteiger partial charge in [0.1, 0.15) is 0 Å². The topological polar surface area (TPSA) is 32.8 Å². The summed E-state index contributed by atoms with van der Waals surface area (Å²) in [6.45, 7) is 7.21. The van der Waals surface area contributed by atoms with E-state index in [0.717, 1.165) is 32.7 Å². The molecule has 110 valence electrons. The van der Waals surface area contributed by atoms with Gasteiger partial charge >= 0.3 is 0 Å². The Bertz CT molecular complexity index is 440. The van der Waals surface area contributed by atoms with Gasteiger partial charge in [0.25, 0.3) is 0 Å². The number of carbonyl (C=O) groups excluding carboxylic acids is 1. The summed E-state index contributed by atoms with van der Waals surface area (Å²) in [5, 5.41) is 0. The molecule has 4 nitrogen and oxygen atoms in total. The predicted octanol–water partition coefficient (Wildman–Crippen LogP) is 1.68. The zero-order valence-corrected chi connectivity index (χ0v) is 12.5. The van der Waals surface area contributed by atoms with Crippen LogP contribution < -0.4 is 0 Å². The van der Waals surface area contributed by atoms with Crippen LogP contribution in [0, 0.1) is 6.92 Å². The second-order valence-electron chi connectivity index (χ2n) is 5.33. The van der Waals surface area contributed by atoms with Crippen molar-refractivity contribution in [3.05, 3.63) is 35.4 Å². The fourth-order valence-corrected chi connectivity index (χ4v) is 2.53. The van der Waals surface area contributed by atoms with Gasteiger partial charge in [0.15, 0.2) is 0 Å². The monoisotopic (exact) mass is 276 g/mol. The van der Waals surface area contributed by atoms with Gasteiger partial charge in [-0.1, -0.05) is 24.3 Å². The van der Waals surface area contributed by atoms with Crippen molar-refractivity contribution < 1.29 is 9.53 Å². The Balaban J connectivity index is 1.80. The summed E-state index contributed by atoms with van der Waals surface area (Å²) < 4.78 is 4.96. The average molecular weight is 276 g/mol. The molecule has 1 fully saturated rings. The number of hydrogen-bond donors (Lipinski definition) is 0. The minimum Gasteiger partial charge on any atom is -0.384 e. The van der Waals surface area contributed by atoms with Crippen molar-refractivity contribution in [2.75, 3.05) is 39.9 Å². The third kappa shape index (κ3) is 4.05. The second kappa shape index (κ2) is 7.41. The van der Waals surface area contributed by atoms with Crippen LogP contribution in [0.4, 0.5) is 0 Å². The average Bonchev–Trinajstić information content (AvgIpc) is 2.48. The van der Waals surface area contributed by atoms with Crippen LogP contribution in [0.1, 0.15) is 17.5 Å². The molecule has 0 saturated carbocycles. The first-order valence-corrected chi connectivity index (χ1v) is 7.24. The predicted molar refractivity (Wildman–Crippen MR) is 79.5 cm³/mol. The molecule has 0 unspecified atom stereocenters. The highest BCUT2D eigenvalue weighted by Gasteiger charge is 2.20. The number of methoxy groups -OCH3 is 1. The standard InChI is InChI=1S/C16H24N2O2/c1-14-5-3-4-6-15(14)13-17-8-10-18(11-9-17)16(19)7-12-20-2/h3-6H,7-13H2,1-2H3. The summed E-state index contributed by atoms with van der Waals surface area (Å²) in [4.78, 5) is 16.3. The minimum absolute atomic E-state index is 0.211. The highest BCUT2D eigenvalue weighted by molar-refractivity contribution is 5.76. The van der Waals surface area contributed by atoms with Crippen LogP contribution in [0.15, 0.2) is 24.3 Å². The number of amides is 1. The zero-order chi connectivity index (χ0) is 14.4. The summed E-state index contributed by atoms with van der Waals surface area (Å²) in [7, 11) is 1.63. The van der Waals surface area contributed by atoms with Gasteiger partial charge < -0.3 is 9.64 Å². The highest BCUT2D eigenvalue weighted by atomic mass is 16.5. The third-order valence-electron chi connectivity index (χ3n) is 3.90. The maximum absolute atomic E-state index is 11.9. The molecule has 1 aliphatic heterocycles. The van der Waals surface area contributed by atoms with Crippen LogP contribution in [-0.4, -0.2) is 55.6 Å². The Kier molecular flexibility index (Phi) is 5.56. The summed E-state index contributed by atoms with van der Waals surface area (Å²) in [6, 6.07) is 8.50. The molecule has 4 heteroatoms. The first-order chi connectivity index (χ1) is 9.70. The van der Waals surface area contributed by atoms with Gasteiger partial charge in [0.2, 0.25) is 5.91 Å². The molecular formula is C16H24N2O2. The molecule has 1 heterocycles. The molecule has 0 bridgehead atoms. The molecule has 0 aliphatic carbocycles. The summed E-state index contributed by atoms with van der Waals surface area (Å²) in [5.74, 6) is 0.211. The van der Waals surface area contributed by atoms with Crippen LogP contribution in [0.25, 0.3) is 0 Å². The number of benzene rings is 1. The smallest absolute Gasteiger partial charge is 0.224 e. The molecule has 2 rings (SSSR count). The fourth-order valence-electron chi connectivity index (χ4n) is 2.53. The first kappa shape index (κ1) is 15.0. The van der Waals surface area contributed by atoms with Crippen LogP contribution in [0.5, 0.6) is 0 Å². The molecule has 1 aromatic rings. The summed E-state index contributed by atoms with van der Waals surface area (Å²) in [6.07, 6.45) is 0.494.